The number of carbonyl (C=O) groups is 1. The summed E-state index contributed by atoms with van der Waals surface area (Å²) in [5, 5.41) is 8.82. The van der Waals surface area contributed by atoms with Gasteiger partial charge in [-0.3, -0.25) is 4.79 Å². The molecule has 2 rings (SSSR count). The second-order valence-electron chi connectivity index (χ2n) is 3.79. The smallest absolute Gasteiger partial charge is 0.307 e. The highest BCUT2D eigenvalue weighted by atomic mass is 79.9. The van der Waals surface area contributed by atoms with Gasteiger partial charge in [-0.2, -0.15) is 0 Å². The van der Waals surface area contributed by atoms with Crippen molar-refractivity contribution >= 4 is 21.9 Å². The van der Waals surface area contributed by atoms with Crippen molar-refractivity contribution in [1.82, 2.24) is 0 Å². The molecule has 0 aliphatic heterocycles. The molecule has 0 unspecified atom stereocenters. The van der Waals surface area contributed by atoms with Crippen LogP contribution in [0.2, 0.25) is 0 Å². The monoisotopic (exact) mass is 288 g/mol. The molecule has 0 heterocycles. The van der Waals surface area contributed by atoms with E-state index in [-0.39, 0.29) is 5.92 Å². The Kier molecular flexibility index (Phi) is 2.88. The molecule has 1 fully saturated rings. The van der Waals surface area contributed by atoms with Gasteiger partial charge in [0, 0.05) is 16.0 Å². The Morgan fingerprint density at radius 1 is 1.62 bits per heavy atom. The Morgan fingerprint density at radius 2 is 2.31 bits per heavy atom. The van der Waals surface area contributed by atoms with E-state index in [1.165, 1.54) is 13.2 Å². The molecule has 0 spiro atoms. The lowest BCUT2D eigenvalue weighted by Gasteiger charge is -2.09. The highest BCUT2D eigenvalue weighted by Crippen LogP contribution is 2.51. The first kappa shape index (κ1) is 11.4. The topological polar surface area (TPSA) is 46.5 Å². The summed E-state index contributed by atoms with van der Waals surface area (Å²) in [5.74, 6) is -1.64. The molecule has 0 radical (unpaired) electrons. The van der Waals surface area contributed by atoms with Gasteiger partial charge in [0.15, 0.2) is 0 Å². The molecular formula is C11H10BrFO3. The fraction of sp³-hybridized carbons (Fsp3) is 0.364. The number of benzene rings is 1. The Morgan fingerprint density at radius 3 is 2.81 bits per heavy atom. The van der Waals surface area contributed by atoms with Crippen LogP contribution in [-0.4, -0.2) is 18.2 Å². The first-order valence-corrected chi connectivity index (χ1v) is 5.59. The molecule has 1 aromatic carbocycles. The first-order chi connectivity index (χ1) is 7.54. The van der Waals surface area contributed by atoms with Crippen LogP contribution in [0, 0.1) is 11.7 Å². The van der Waals surface area contributed by atoms with E-state index in [1.54, 1.807) is 6.07 Å². The third-order valence-electron chi connectivity index (χ3n) is 2.75. The number of hydrogen-bond donors (Lipinski definition) is 1. The Balaban J connectivity index is 2.38. The fourth-order valence-electron chi connectivity index (χ4n) is 1.88. The van der Waals surface area contributed by atoms with Crippen molar-refractivity contribution in [3.8, 4) is 5.75 Å². The minimum absolute atomic E-state index is 0.263. The maximum absolute atomic E-state index is 13.7. The average Bonchev–Trinajstić information content (AvgIpc) is 2.96. The number of hydrogen-bond acceptors (Lipinski definition) is 2. The van der Waals surface area contributed by atoms with Gasteiger partial charge in [-0.25, -0.2) is 4.39 Å². The largest absolute Gasteiger partial charge is 0.496 e. The number of halogens is 2. The van der Waals surface area contributed by atoms with Crippen molar-refractivity contribution in [2.24, 2.45) is 5.92 Å². The van der Waals surface area contributed by atoms with Gasteiger partial charge in [-0.05, 0) is 18.6 Å². The molecule has 0 aromatic heterocycles. The predicted octanol–water partition coefficient (Wildman–Crippen LogP) is 2.78. The first-order valence-electron chi connectivity index (χ1n) is 4.80. The predicted molar refractivity (Wildman–Crippen MR) is 59.1 cm³/mol. The number of ether oxygens (including phenoxy) is 1. The average molecular weight is 289 g/mol. The zero-order chi connectivity index (χ0) is 11.9. The summed E-state index contributed by atoms with van der Waals surface area (Å²) in [4.78, 5) is 10.8. The van der Waals surface area contributed by atoms with E-state index < -0.39 is 17.7 Å². The number of carboxylic acid groups (broad SMARTS) is 1. The van der Waals surface area contributed by atoms with E-state index in [4.69, 9.17) is 9.84 Å². The normalized spacial score (nSPS) is 22.9. The van der Waals surface area contributed by atoms with Crippen LogP contribution < -0.4 is 4.74 Å². The van der Waals surface area contributed by atoms with Gasteiger partial charge in [-0.1, -0.05) is 15.9 Å². The van der Waals surface area contributed by atoms with Crippen LogP contribution in [0.3, 0.4) is 0 Å². The van der Waals surface area contributed by atoms with E-state index in [0.717, 1.165) is 0 Å². The number of aliphatic carboxylic acids is 1. The Bertz CT molecular complexity index is 447. The summed E-state index contributed by atoms with van der Waals surface area (Å²) in [6.45, 7) is 0. The highest BCUT2D eigenvalue weighted by Gasteiger charge is 2.47. The minimum atomic E-state index is -0.880. The molecule has 5 heteroatoms. The third-order valence-corrected chi connectivity index (χ3v) is 3.21. The van der Waals surface area contributed by atoms with Gasteiger partial charge in [0.25, 0.3) is 0 Å². The SMILES string of the molecule is COc1cc(Br)cc(F)c1[C@@H]1C[C@H]1C(=O)O. The molecule has 1 N–H and O–H groups in total. The lowest BCUT2D eigenvalue weighted by molar-refractivity contribution is -0.138. The van der Waals surface area contributed by atoms with E-state index >= 15 is 0 Å². The summed E-state index contributed by atoms with van der Waals surface area (Å²) < 4.78 is 19.4. The molecule has 0 saturated heterocycles. The van der Waals surface area contributed by atoms with Crippen molar-refractivity contribution in [2.75, 3.05) is 7.11 Å². The summed E-state index contributed by atoms with van der Waals surface area (Å²) in [6, 6.07) is 2.98. The Hall–Kier alpha value is -1.10. The van der Waals surface area contributed by atoms with Gasteiger partial charge in [0.05, 0.1) is 13.0 Å². The molecule has 0 bridgehead atoms. The lowest BCUT2D eigenvalue weighted by atomic mass is 10.1. The van der Waals surface area contributed by atoms with Crippen LogP contribution in [0.5, 0.6) is 5.75 Å². The third kappa shape index (κ3) is 1.91. The van der Waals surface area contributed by atoms with Crippen molar-refractivity contribution in [3.63, 3.8) is 0 Å². The molecule has 16 heavy (non-hydrogen) atoms. The maximum atomic E-state index is 13.7. The zero-order valence-corrected chi connectivity index (χ0v) is 10.1. The number of carboxylic acids is 1. The van der Waals surface area contributed by atoms with Crippen LogP contribution in [0.4, 0.5) is 4.39 Å². The summed E-state index contributed by atoms with van der Waals surface area (Å²) in [7, 11) is 1.45. The molecule has 86 valence electrons. The molecule has 1 aromatic rings. The van der Waals surface area contributed by atoms with Crippen LogP contribution in [-0.2, 0) is 4.79 Å². The van der Waals surface area contributed by atoms with Gasteiger partial charge >= 0.3 is 5.97 Å². The summed E-state index contributed by atoms with van der Waals surface area (Å²) in [5.41, 5.74) is 0.373. The standard InChI is InChI=1S/C11H10BrFO3/c1-16-9-3-5(12)2-8(13)10(9)6-4-7(6)11(14)15/h2-3,6-7H,4H2,1H3,(H,14,15)/t6-,7-/m1/s1. The van der Waals surface area contributed by atoms with Crippen molar-refractivity contribution in [1.29, 1.82) is 0 Å². The van der Waals surface area contributed by atoms with Crippen molar-refractivity contribution in [2.45, 2.75) is 12.3 Å². The summed E-state index contributed by atoms with van der Waals surface area (Å²) in [6.07, 6.45) is 0.476. The maximum Gasteiger partial charge on any atom is 0.307 e. The molecule has 1 aliphatic rings. The molecule has 2 atom stereocenters. The fourth-order valence-corrected chi connectivity index (χ4v) is 2.29. The second-order valence-corrected chi connectivity index (χ2v) is 4.71. The van der Waals surface area contributed by atoms with E-state index in [1.807, 2.05) is 0 Å². The van der Waals surface area contributed by atoms with Gasteiger partial charge in [0.2, 0.25) is 0 Å². The van der Waals surface area contributed by atoms with Gasteiger partial charge < -0.3 is 9.84 Å². The van der Waals surface area contributed by atoms with Crippen LogP contribution in [0.1, 0.15) is 17.9 Å². The van der Waals surface area contributed by atoms with Crippen molar-refractivity contribution in [3.05, 3.63) is 28.0 Å². The van der Waals surface area contributed by atoms with Crippen LogP contribution >= 0.6 is 15.9 Å². The molecule has 1 saturated carbocycles. The van der Waals surface area contributed by atoms with Gasteiger partial charge in [-0.15, -0.1) is 0 Å². The number of rotatable bonds is 3. The minimum Gasteiger partial charge on any atom is -0.496 e. The summed E-state index contributed by atoms with van der Waals surface area (Å²) >= 11 is 3.17. The Labute approximate surface area is 100 Å². The molecule has 0 amide bonds. The van der Waals surface area contributed by atoms with E-state index in [2.05, 4.69) is 15.9 Å². The van der Waals surface area contributed by atoms with E-state index in [0.29, 0.717) is 22.2 Å². The van der Waals surface area contributed by atoms with Gasteiger partial charge in [0.1, 0.15) is 11.6 Å². The van der Waals surface area contributed by atoms with Crippen molar-refractivity contribution < 1.29 is 19.0 Å². The lowest BCUT2D eigenvalue weighted by Crippen LogP contribution is -2.02. The second kappa shape index (κ2) is 4.05. The highest BCUT2D eigenvalue weighted by molar-refractivity contribution is 9.10. The van der Waals surface area contributed by atoms with E-state index in [9.17, 15) is 9.18 Å². The van der Waals surface area contributed by atoms with Crippen LogP contribution in [0.25, 0.3) is 0 Å². The molecular weight excluding hydrogens is 279 g/mol. The zero-order valence-electron chi connectivity index (χ0n) is 8.54. The molecule has 3 nitrogen and oxygen atoms in total. The quantitative estimate of drug-likeness (QED) is 0.930. The molecule has 1 aliphatic carbocycles. The number of methoxy groups -OCH3 is 1. The van der Waals surface area contributed by atoms with Crippen LogP contribution in [0.15, 0.2) is 16.6 Å².